The molecule has 1 amide bonds. The van der Waals surface area contributed by atoms with Gasteiger partial charge in [-0.3, -0.25) is 4.79 Å². The van der Waals surface area contributed by atoms with Crippen LogP contribution in [0.2, 0.25) is 0 Å². The zero-order valence-electron chi connectivity index (χ0n) is 11.4. The molecule has 104 valence electrons. The molecule has 0 aliphatic rings. The Bertz CT molecular complexity index is 443. The highest BCUT2D eigenvalue weighted by atomic mass is 16.5. The summed E-state index contributed by atoms with van der Waals surface area (Å²) in [5, 5.41) is 2.67. The van der Waals surface area contributed by atoms with E-state index in [1.54, 1.807) is 24.3 Å². The normalized spacial score (nSPS) is 10.1. The summed E-state index contributed by atoms with van der Waals surface area (Å²) in [6.07, 6.45) is 0. The lowest BCUT2D eigenvalue weighted by Gasteiger charge is -2.09. The Kier molecular flexibility index (Phi) is 5.85. The highest BCUT2D eigenvalue weighted by Crippen LogP contribution is 2.17. The molecule has 19 heavy (non-hydrogen) atoms. The van der Waals surface area contributed by atoms with Crippen molar-refractivity contribution in [3.63, 3.8) is 0 Å². The third-order valence-corrected chi connectivity index (χ3v) is 2.37. The lowest BCUT2D eigenvalue weighted by Crippen LogP contribution is -2.31. The number of carbonyl (C=O) groups excluding carboxylic acids is 2. The van der Waals surface area contributed by atoms with Gasteiger partial charge in [-0.1, -0.05) is 26.0 Å². The van der Waals surface area contributed by atoms with Crippen LogP contribution in [0.15, 0.2) is 24.3 Å². The number of nitrogens with one attached hydrogen (secondary N) is 1. The smallest absolute Gasteiger partial charge is 0.342 e. The van der Waals surface area contributed by atoms with Crippen molar-refractivity contribution >= 4 is 11.9 Å². The van der Waals surface area contributed by atoms with Crippen molar-refractivity contribution in [3.05, 3.63) is 29.8 Å². The van der Waals surface area contributed by atoms with Gasteiger partial charge in [-0.05, 0) is 18.1 Å². The Labute approximate surface area is 112 Å². The summed E-state index contributed by atoms with van der Waals surface area (Å²) >= 11 is 0. The Hall–Kier alpha value is -2.04. The van der Waals surface area contributed by atoms with E-state index in [1.807, 2.05) is 13.8 Å². The van der Waals surface area contributed by atoms with Crippen molar-refractivity contribution in [2.24, 2.45) is 5.92 Å². The number of ether oxygens (including phenoxy) is 2. The summed E-state index contributed by atoms with van der Waals surface area (Å²) in [6, 6.07) is 6.71. The zero-order chi connectivity index (χ0) is 14.3. The second kappa shape index (κ2) is 7.41. The number of hydrogen-bond acceptors (Lipinski definition) is 4. The highest BCUT2D eigenvalue weighted by Gasteiger charge is 2.14. The number of hydrogen-bond donors (Lipinski definition) is 1. The maximum Gasteiger partial charge on any atom is 0.342 e. The minimum atomic E-state index is -0.572. The predicted octanol–water partition coefficient (Wildman–Crippen LogP) is 1.62. The van der Waals surface area contributed by atoms with E-state index in [1.165, 1.54) is 7.11 Å². The van der Waals surface area contributed by atoms with Gasteiger partial charge < -0.3 is 14.8 Å². The van der Waals surface area contributed by atoms with Crippen LogP contribution in [0.5, 0.6) is 5.75 Å². The average molecular weight is 265 g/mol. The topological polar surface area (TPSA) is 64.6 Å². The number of methoxy groups -OCH3 is 1. The van der Waals surface area contributed by atoms with E-state index in [-0.39, 0.29) is 12.5 Å². The van der Waals surface area contributed by atoms with E-state index >= 15 is 0 Å². The number of amides is 1. The van der Waals surface area contributed by atoms with E-state index < -0.39 is 5.97 Å². The van der Waals surface area contributed by atoms with Gasteiger partial charge in [0.05, 0.1) is 7.11 Å². The minimum absolute atomic E-state index is 0.288. The van der Waals surface area contributed by atoms with Crippen LogP contribution in [-0.4, -0.2) is 32.1 Å². The third-order valence-electron chi connectivity index (χ3n) is 2.37. The maximum absolute atomic E-state index is 11.8. The first-order valence-electron chi connectivity index (χ1n) is 6.11. The fourth-order valence-electron chi connectivity index (χ4n) is 1.39. The molecule has 0 heterocycles. The lowest BCUT2D eigenvalue weighted by atomic mass is 10.2. The SMILES string of the molecule is COc1ccccc1C(=O)OCC(=O)NCC(C)C. The van der Waals surface area contributed by atoms with Crippen LogP contribution in [0.3, 0.4) is 0 Å². The van der Waals surface area contributed by atoms with Gasteiger partial charge in [0.25, 0.3) is 5.91 Å². The number of rotatable bonds is 6. The number of carbonyl (C=O) groups is 2. The van der Waals surface area contributed by atoms with E-state index in [0.717, 1.165) is 0 Å². The number of benzene rings is 1. The van der Waals surface area contributed by atoms with Gasteiger partial charge >= 0.3 is 5.97 Å². The first kappa shape index (κ1) is 15.0. The Morgan fingerprint density at radius 2 is 1.95 bits per heavy atom. The molecule has 0 atom stereocenters. The first-order chi connectivity index (χ1) is 9.04. The second-order valence-corrected chi connectivity index (χ2v) is 4.47. The van der Waals surface area contributed by atoms with Crippen molar-refractivity contribution in [2.45, 2.75) is 13.8 Å². The van der Waals surface area contributed by atoms with Crippen molar-refractivity contribution in [1.82, 2.24) is 5.32 Å². The molecule has 0 unspecified atom stereocenters. The van der Waals surface area contributed by atoms with Gasteiger partial charge in [0.2, 0.25) is 0 Å². The fraction of sp³-hybridized carbons (Fsp3) is 0.429. The summed E-state index contributed by atoms with van der Waals surface area (Å²) in [5.74, 6) is -0.0990. The molecule has 5 nitrogen and oxygen atoms in total. The van der Waals surface area contributed by atoms with Gasteiger partial charge in [-0.25, -0.2) is 4.79 Å². The number of para-hydroxylation sites is 1. The van der Waals surface area contributed by atoms with Crippen LogP contribution in [0.25, 0.3) is 0 Å². The minimum Gasteiger partial charge on any atom is -0.496 e. The molecule has 0 fully saturated rings. The largest absolute Gasteiger partial charge is 0.496 e. The van der Waals surface area contributed by atoms with Crippen LogP contribution >= 0.6 is 0 Å². The molecule has 0 radical (unpaired) electrons. The molecule has 0 saturated heterocycles. The molecule has 0 saturated carbocycles. The Balaban J connectivity index is 2.49. The van der Waals surface area contributed by atoms with Gasteiger partial charge in [-0.15, -0.1) is 0 Å². The average Bonchev–Trinajstić information content (AvgIpc) is 2.42. The molecule has 0 spiro atoms. The van der Waals surface area contributed by atoms with Crippen molar-refractivity contribution in [2.75, 3.05) is 20.3 Å². The van der Waals surface area contributed by atoms with E-state index in [9.17, 15) is 9.59 Å². The number of esters is 1. The molecule has 1 aromatic rings. The van der Waals surface area contributed by atoms with Gasteiger partial charge in [-0.2, -0.15) is 0 Å². The van der Waals surface area contributed by atoms with Gasteiger partial charge in [0.15, 0.2) is 6.61 Å². The first-order valence-corrected chi connectivity index (χ1v) is 6.11. The molecule has 0 aromatic heterocycles. The zero-order valence-corrected chi connectivity index (χ0v) is 11.4. The molecule has 1 rings (SSSR count). The highest BCUT2D eigenvalue weighted by molar-refractivity contribution is 5.93. The molecular weight excluding hydrogens is 246 g/mol. The summed E-state index contributed by atoms with van der Waals surface area (Å²) in [5.41, 5.74) is 0.307. The molecular formula is C14H19NO4. The molecule has 0 bridgehead atoms. The van der Waals surface area contributed by atoms with Crippen molar-refractivity contribution in [1.29, 1.82) is 0 Å². The quantitative estimate of drug-likeness (QED) is 0.794. The van der Waals surface area contributed by atoms with Crippen LogP contribution < -0.4 is 10.1 Å². The van der Waals surface area contributed by atoms with E-state index in [0.29, 0.717) is 23.8 Å². The molecule has 1 N–H and O–H groups in total. The molecule has 0 aliphatic heterocycles. The maximum atomic E-state index is 11.8. The van der Waals surface area contributed by atoms with E-state index in [4.69, 9.17) is 9.47 Å². The standard InChI is InChI=1S/C14H19NO4/c1-10(2)8-15-13(16)9-19-14(17)11-6-4-5-7-12(11)18-3/h4-7,10H,8-9H2,1-3H3,(H,15,16). The van der Waals surface area contributed by atoms with Crippen molar-refractivity contribution < 1.29 is 19.1 Å². The van der Waals surface area contributed by atoms with Crippen LogP contribution in [0.1, 0.15) is 24.2 Å². The summed E-state index contributed by atoms with van der Waals surface area (Å²) < 4.78 is 9.98. The monoisotopic (exact) mass is 265 g/mol. The van der Waals surface area contributed by atoms with Crippen LogP contribution in [0.4, 0.5) is 0 Å². The molecule has 0 aliphatic carbocycles. The molecule has 5 heteroatoms. The molecule has 1 aromatic carbocycles. The summed E-state index contributed by atoms with van der Waals surface area (Å²) in [4.78, 5) is 23.2. The summed E-state index contributed by atoms with van der Waals surface area (Å²) in [6.45, 7) is 4.25. The predicted molar refractivity (Wildman–Crippen MR) is 71.1 cm³/mol. The Morgan fingerprint density at radius 1 is 1.26 bits per heavy atom. The third kappa shape index (κ3) is 4.99. The Morgan fingerprint density at radius 3 is 2.58 bits per heavy atom. The van der Waals surface area contributed by atoms with Crippen LogP contribution in [0, 0.1) is 5.92 Å². The van der Waals surface area contributed by atoms with Gasteiger partial charge in [0, 0.05) is 6.54 Å². The van der Waals surface area contributed by atoms with Crippen LogP contribution in [-0.2, 0) is 9.53 Å². The van der Waals surface area contributed by atoms with E-state index in [2.05, 4.69) is 5.32 Å². The summed E-state index contributed by atoms with van der Waals surface area (Å²) in [7, 11) is 1.47. The fourth-order valence-corrected chi connectivity index (χ4v) is 1.39. The van der Waals surface area contributed by atoms with Crippen molar-refractivity contribution in [3.8, 4) is 5.75 Å². The second-order valence-electron chi connectivity index (χ2n) is 4.47. The lowest BCUT2D eigenvalue weighted by molar-refractivity contribution is -0.124. The van der Waals surface area contributed by atoms with Gasteiger partial charge in [0.1, 0.15) is 11.3 Å².